The predicted octanol–water partition coefficient (Wildman–Crippen LogP) is 2.28. The van der Waals surface area contributed by atoms with Crippen molar-refractivity contribution in [3.63, 3.8) is 0 Å². The molecule has 128 valence electrons. The van der Waals surface area contributed by atoms with Crippen molar-refractivity contribution in [2.75, 3.05) is 25.4 Å². The number of aryl methyl sites for hydroxylation is 1. The summed E-state index contributed by atoms with van der Waals surface area (Å²) in [7, 11) is 0. The molecule has 6 heteroatoms. The molecule has 3 heterocycles. The van der Waals surface area contributed by atoms with Gasteiger partial charge in [0.25, 0.3) is 0 Å². The van der Waals surface area contributed by atoms with E-state index in [1.807, 2.05) is 0 Å². The molecule has 0 amide bonds. The molecule has 2 N–H and O–H groups in total. The molecule has 1 unspecified atom stereocenters. The Balaban J connectivity index is 2.00. The molecular weight excluding hydrogens is 302 g/mol. The maximum atomic E-state index is 11.7. The van der Waals surface area contributed by atoms with Crippen LogP contribution in [0.5, 0.6) is 0 Å². The highest BCUT2D eigenvalue weighted by molar-refractivity contribution is 5.91. The van der Waals surface area contributed by atoms with Crippen molar-refractivity contribution in [1.29, 1.82) is 0 Å². The molecule has 2 aromatic rings. The van der Waals surface area contributed by atoms with Crippen LogP contribution in [0.15, 0.2) is 19.0 Å². The zero-order valence-electron chi connectivity index (χ0n) is 14.5. The monoisotopic (exact) mass is 327 g/mol. The topological polar surface area (TPSA) is 77.0 Å². The first kappa shape index (κ1) is 16.6. The third kappa shape index (κ3) is 2.82. The largest absolute Gasteiger partial charge is 0.383 e. The normalized spacial score (nSPS) is 18.8. The number of ketones is 1. The lowest BCUT2D eigenvalue weighted by Crippen LogP contribution is -2.39. The number of aromatic nitrogens is 3. The summed E-state index contributed by atoms with van der Waals surface area (Å²) in [5, 5.41) is 0.966. The number of anilines is 1. The number of piperidine rings is 1. The zero-order chi connectivity index (χ0) is 17.3. The highest BCUT2D eigenvalue weighted by atomic mass is 16.1. The Labute approximate surface area is 142 Å². The fraction of sp³-hybridized carbons (Fsp3) is 0.500. The maximum absolute atomic E-state index is 11.7. The average molecular weight is 327 g/mol. The van der Waals surface area contributed by atoms with Crippen LogP contribution >= 0.6 is 0 Å². The highest BCUT2D eigenvalue weighted by Gasteiger charge is 2.27. The Kier molecular flexibility index (Phi) is 4.66. The summed E-state index contributed by atoms with van der Waals surface area (Å²) in [4.78, 5) is 22.6. The fourth-order valence-electron chi connectivity index (χ4n) is 3.88. The molecule has 0 aliphatic carbocycles. The molecule has 3 rings (SSSR count). The van der Waals surface area contributed by atoms with E-state index in [-0.39, 0.29) is 5.78 Å². The molecule has 0 aromatic carbocycles. The minimum absolute atomic E-state index is 0.0754. The van der Waals surface area contributed by atoms with E-state index in [2.05, 4.69) is 39.9 Å². The van der Waals surface area contributed by atoms with Crippen LogP contribution in [0.3, 0.4) is 0 Å². The number of carbonyl (C=O) groups excluding carboxylic acids is 1. The second-order valence-corrected chi connectivity index (χ2v) is 6.45. The Morgan fingerprint density at radius 1 is 1.50 bits per heavy atom. The van der Waals surface area contributed by atoms with Crippen molar-refractivity contribution in [2.45, 2.75) is 39.2 Å². The van der Waals surface area contributed by atoms with E-state index in [4.69, 9.17) is 5.73 Å². The van der Waals surface area contributed by atoms with Crippen molar-refractivity contribution >= 4 is 22.6 Å². The SMILES string of the molecule is C=CC(=O)CN1CCCC(n2c(CC)c(C)c3c(N)ncnc32)C1. The van der Waals surface area contributed by atoms with Gasteiger partial charge in [0, 0.05) is 18.3 Å². The summed E-state index contributed by atoms with van der Waals surface area (Å²) in [5.74, 6) is 0.618. The smallest absolute Gasteiger partial charge is 0.169 e. The minimum atomic E-state index is 0.0754. The second kappa shape index (κ2) is 6.73. The number of nitrogen functional groups attached to an aromatic ring is 1. The number of nitrogens with zero attached hydrogens (tertiary/aromatic N) is 4. The van der Waals surface area contributed by atoms with E-state index < -0.39 is 0 Å². The quantitative estimate of drug-likeness (QED) is 0.853. The van der Waals surface area contributed by atoms with Crippen LogP contribution in [0.1, 0.15) is 37.1 Å². The number of fused-ring (bicyclic) bond motifs is 1. The number of hydrogen-bond acceptors (Lipinski definition) is 5. The summed E-state index contributed by atoms with van der Waals surface area (Å²) in [6.45, 7) is 10.1. The van der Waals surface area contributed by atoms with Crippen LogP contribution < -0.4 is 5.73 Å². The summed E-state index contributed by atoms with van der Waals surface area (Å²) >= 11 is 0. The lowest BCUT2D eigenvalue weighted by molar-refractivity contribution is -0.116. The van der Waals surface area contributed by atoms with Crippen LogP contribution in [-0.4, -0.2) is 44.9 Å². The number of likely N-dealkylation sites (tertiary alicyclic amines) is 1. The molecular formula is C18H25N5O. The predicted molar refractivity (Wildman–Crippen MR) is 96.0 cm³/mol. The highest BCUT2D eigenvalue weighted by Crippen LogP contribution is 2.33. The Morgan fingerprint density at radius 3 is 3.00 bits per heavy atom. The van der Waals surface area contributed by atoms with Gasteiger partial charge in [-0.15, -0.1) is 0 Å². The number of carbonyl (C=O) groups is 1. The number of nitrogens with two attached hydrogens (primary N) is 1. The van der Waals surface area contributed by atoms with Gasteiger partial charge < -0.3 is 10.3 Å². The summed E-state index contributed by atoms with van der Waals surface area (Å²) in [6, 6.07) is 0.303. The van der Waals surface area contributed by atoms with Crippen LogP contribution in [0.2, 0.25) is 0 Å². The molecule has 0 spiro atoms. The Bertz CT molecular complexity index is 779. The van der Waals surface area contributed by atoms with Crippen LogP contribution in [0, 0.1) is 6.92 Å². The first-order valence-electron chi connectivity index (χ1n) is 8.54. The molecule has 6 nitrogen and oxygen atoms in total. The van der Waals surface area contributed by atoms with Gasteiger partial charge in [-0.3, -0.25) is 9.69 Å². The molecule has 1 atom stereocenters. The van der Waals surface area contributed by atoms with E-state index in [1.165, 1.54) is 23.7 Å². The first-order chi connectivity index (χ1) is 11.6. The van der Waals surface area contributed by atoms with Gasteiger partial charge in [-0.1, -0.05) is 13.5 Å². The molecule has 0 bridgehead atoms. The van der Waals surface area contributed by atoms with Crippen molar-refractivity contribution in [1.82, 2.24) is 19.4 Å². The van der Waals surface area contributed by atoms with E-state index in [0.717, 1.165) is 43.4 Å². The van der Waals surface area contributed by atoms with Gasteiger partial charge in [-0.25, -0.2) is 9.97 Å². The first-order valence-corrected chi connectivity index (χ1v) is 8.54. The lowest BCUT2D eigenvalue weighted by atomic mass is 10.0. The lowest BCUT2D eigenvalue weighted by Gasteiger charge is -2.34. The van der Waals surface area contributed by atoms with Crippen LogP contribution in [-0.2, 0) is 11.2 Å². The molecule has 1 aliphatic heterocycles. The molecule has 2 aromatic heterocycles. The van der Waals surface area contributed by atoms with Crippen molar-refractivity contribution < 1.29 is 4.79 Å². The molecule has 1 saturated heterocycles. The third-order valence-electron chi connectivity index (χ3n) is 4.97. The Morgan fingerprint density at radius 2 is 2.29 bits per heavy atom. The van der Waals surface area contributed by atoms with Crippen molar-refractivity contribution in [3.8, 4) is 0 Å². The van der Waals surface area contributed by atoms with Gasteiger partial charge in [0.2, 0.25) is 0 Å². The molecule has 1 fully saturated rings. The summed E-state index contributed by atoms with van der Waals surface area (Å²) in [5.41, 5.74) is 9.45. The van der Waals surface area contributed by atoms with Gasteiger partial charge in [0.05, 0.1) is 11.9 Å². The van der Waals surface area contributed by atoms with Gasteiger partial charge >= 0.3 is 0 Å². The van der Waals surface area contributed by atoms with E-state index in [1.54, 1.807) is 0 Å². The van der Waals surface area contributed by atoms with Crippen molar-refractivity contribution in [2.24, 2.45) is 0 Å². The number of rotatable bonds is 5. The standard InChI is InChI=1S/C18H25N5O/c1-4-14(24)10-22-8-6-7-13(9-22)23-15(5-2)12(3)16-17(19)20-11-21-18(16)23/h4,11,13H,1,5-10H2,2-3H3,(H2,19,20,21). The van der Waals surface area contributed by atoms with Gasteiger partial charge in [-0.2, -0.15) is 0 Å². The summed E-state index contributed by atoms with van der Waals surface area (Å²) in [6.07, 6.45) is 6.01. The van der Waals surface area contributed by atoms with E-state index >= 15 is 0 Å². The van der Waals surface area contributed by atoms with Gasteiger partial charge in [0.15, 0.2) is 5.78 Å². The maximum Gasteiger partial charge on any atom is 0.169 e. The third-order valence-corrected chi connectivity index (χ3v) is 4.97. The average Bonchev–Trinajstić information content (AvgIpc) is 2.88. The summed E-state index contributed by atoms with van der Waals surface area (Å²) < 4.78 is 2.33. The van der Waals surface area contributed by atoms with Gasteiger partial charge in [0.1, 0.15) is 17.8 Å². The zero-order valence-corrected chi connectivity index (χ0v) is 14.5. The van der Waals surface area contributed by atoms with Gasteiger partial charge in [-0.05, 0) is 44.4 Å². The van der Waals surface area contributed by atoms with E-state index in [9.17, 15) is 4.79 Å². The minimum Gasteiger partial charge on any atom is -0.383 e. The van der Waals surface area contributed by atoms with E-state index in [0.29, 0.717) is 18.4 Å². The van der Waals surface area contributed by atoms with Crippen molar-refractivity contribution in [3.05, 3.63) is 30.2 Å². The fourth-order valence-corrected chi connectivity index (χ4v) is 3.88. The van der Waals surface area contributed by atoms with Crippen LogP contribution in [0.25, 0.3) is 11.0 Å². The molecule has 0 radical (unpaired) electrons. The number of hydrogen-bond donors (Lipinski definition) is 1. The molecule has 0 saturated carbocycles. The second-order valence-electron chi connectivity index (χ2n) is 6.45. The molecule has 24 heavy (non-hydrogen) atoms. The molecule has 1 aliphatic rings. The Hall–Kier alpha value is -2.21. The van der Waals surface area contributed by atoms with Crippen LogP contribution in [0.4, 0.5) is 5.82 Å².